The van der Waals surface area contributed by atoms with Gasteiger partial charge in [0.15, 0.2) is 0 Å². The molecule has 2 heterocycles. The van der Waals surface area contributed by atoms with Crippen LogP contribution in [-0.2, 0) is 9.59 Å². The molecule has 1 saturated heterocycles. The molecule has 31 heavy (non-hydrogen) atoms. The Balaban J connectivity index is 1.87. The van der Waals surface area contributed by atoms with Crippen LogP contribution in [0.25, 0.3) is 5.57 Å². The van der Waals surface area contributed by atoms with Gasteiger partial charge in [0.05, 0.1) is 12.2 Å². The van der Waals surface area contributed by atoms with Gasteiger partial charge in [0.1, 0.15) is 11.4 Å². The number of hydrogen-bond acceptors (Lipinski definition) is 4. The van der Waals surface area contributed by atoms with Gasteiger partial charge < -0.3 is 9.64 Å². The van der Waals surface area contributed by atoms with Crippen molar-refractivity contribution in [2.45, 2.75) is 66.2 Å². The molecular weight excluding hydrogens is 388 g/mol. The summed E-state index contributed by atoms with van der Waals surface area (Å²) in [5.41, 5.74) is 1.97. The zero-order valence-electron chi connectivity index (χ0n) is 19.7. The van der Waals surface area contributed by atoms with Gasteiger partial charge in [0.2, 0.25) is 0 Å². The quantitative estimate of drug-likeness (QED) is 0.385. The van der Waals surface area contributed by atoms with Crippen LogP contribution in [0.1, 0.15) is 71.8 Å². The van der Waals surface area contributed by atoms with E-state index in [9.17, 15) is 9.59 Å². The molecule has 1 unspecified atom stereocenters. The number of carbonyl (C=O) groups is 2. The molecule has 1 aromatic carbocycles. The predicted octanol–water partition coefficient (Wildman–Crippen LogP) is 5.11. The molecule has 0 aromatic heterocycles. The summed E-state index contributed by atoms with van der Waals surface area (Å²) in [6.45, 7) is 11.4. The molecule has 1 fully saturated rings. The molecule has 5 heteroatoms. The summed E-state index contributed by atoms with van der Waals surface area (Å²) in [4.78, 5) is 30.4. The second kappa shape index (κ2) is 10.8. The number of nitrogens with zero attached hydrogens (tertiary/aromatic N) is 2. The molecular formula is C26H38N2O3. The van der Waals surface area contributed by atoms with Gasteiger partial charge in [-0.25, -0.2) is 0 Å². The van der Waals surface area contributed by atoms with Gasteiger partial charge in [-0.1, -0.05) is 59.1 Å². The van der Waals surface area contributed by atoms with E-state index in [0.717, 1.165) is 56.5 Å². The smallest absolute Gasteiger partial charge is 0.277 e. The predicted molar refractivity (Wildman–Crippen MR) is 125 cm³/mol. The van der Waals surface area contributed by atoms with Gasteiger partial charge in [-0.15, -0.1) is 0 Å². The van der Waals surface area contributed by atoms with E-state index in [2.05, 4.69) is 32.6 Å². The van der Waals surface area contributed by atoms with Crippen LogP contribution in [0.5, 0.6) is 5.75 Å². The maximum Gasteiger partial charge on any atom is 0.277 e. The summed E-state index contributed by atoms with van der Waals surface area (Å²) in [7, 11) is 0. The lowest BCUT2D eigenvalue weighted by Crippen LogP contribution is -2.39. The van der Waals surface area contributed by atoms with Crippen molar-refractivity contribution in [2.75, 3.05) is 26.2 Å². The Kier molecular flexibility index (Phi) is 8.16. The topological polar surface area (TPSA) is 49.9 Å². The van der Waals surface area contributed by atoms with E-state index >= 15 is 0 Å². The van der Waals surface area contributed by atoms with E-state index in [1.54, 1.807) is 0 Å². The van der Waals surface area contributed by atoms with Crippen LogP contribution in [0.15, 0.2) is 30.0 Å². The Morgan fingerprint density at radius 2 is 1.81 bits per heavy atom. The molecule has 1 atom stereocenters. The number of ether oxygens (including phenoxy) is 1. The standard InChI is InChI=1S/C26H38N2O3/c1-5-6-7-8-16-28-25(29)23(21-11-13-22(14-12-21)31-18-19(2)3)24(26(28)30)27-15-9-10-20(4)17-27/h11-14,19-20H,5-10,15-18H2,1-4H3. The van der Waals surface area contributed by atoms with Gasteiger partial charge in [0.25, 0.3) is 11.8 Å². The zero-order valence-corrected chi connectivity index (χ0v) is 19.7. The van der Waals surface area contributed by atoms with E-state index in [-0.39, 0.29) is 11.8 Å². The minimum atomic E-state index is -0.148. The minimum absolute atomic E-state index is 0.120. The highest BCUT2D eigenvalue weighted by Gasteiger charge is 2.41. The number of hydrogen-bond donors (Lipinski definition) is 0. The first-order valence-electron chi connectivity index (χ1n) is 12.0. The van der Waals surface area contributed by atoms with Gasteiger partial charge in [0, 0.05) is 19.6 Å². The fraction of sp³-hybridized carbons (Fsp3) is 0.615. The largest absolute Gasteiger partial charge is 0.493 e. The van der Waals surface area contributed by atoms with E-state index in [1.165, 1.54) is 11.3 Å². The maximum absolute atomic E-state index is 13.4. The highest BCUT2D eigenvalue weighted by molar-refractivity contribution is 6.35. The van der Waals surface area contributed by atoms with Crippen LogP contribution in [0.3, 0.4) is 0 Å². The molecule has 0 bridgehead atoms. The summed E-state index contributed by atoms with van der Waals surface area (Å²) >= 11 is 0. The second-order valence-corrected chi connectivity index (χ2v) is 9.47. The molecule has 170 valence electrons. The lowest BCUT2D eigenvalue weighted by atomic mass is 9.97. The zero-order chi connectivity index (χ0) is 22.4. The fourth-order valence-corrected chi connectivity index (χ4v) is 4.39. The van der Waals surface area contributed by atoms with Crippen molar-refractivity contribution >= 4 is 17.4 Å². The molecule has 0 N–H and O–H groups in total. The third-order valence-corrected chi connectivity index (χ3v) is 6.08. The van der Waals surface area contributed by atoms with Crippen LogP contribution >= 0.6 is 0 Å². The van der Waals surface area contributed by atoms with Gasteiger partial charge in [-0.2, -0.15) is 0 Å². The Morgan fingerprint density at radius 1 is 1.06 bits per heavy atom. The van der Waals surface area contributed by atoms with Gasteiger partial charge >= 0.3 is 0 Å². The van der Waals surface area contributed by atoms with Crippen molar-refractivity contribution in [3.8, 4) is 5.75 Å². The Morgan fingerprint density at radius 3 is 2.45 bits per heavy atom. The second-order valence-electron chi connectivity index (χ2n) is 9.47. The molecule has 5 nitrogen and oxygen atoms in total. The van der Waals surface area contributed by atoms with E-state index in [1.807, 2.05) is 24.3 Å². The Labute approximate surface area is 187 Å². The summed E-state index contributed by atoms with van der Waals surface area (Å²) in [5, 5.41) is 0. The number of carbonyl (C=O) groups excluding carboxylic acids is 2. The van der Waals surface area contributed by atoms with Crippen molar-refractivity contribution in [2.24, 2.45) is 11.8 Å². The molecule has 0 spiro atoms. The molecule has 2 aliphatic heterocycles. The van der Waals surface area contributed by atoms with Crippen LogP contribution < -0.4 is 4.74 Å². The average Bonchev–Trinajstić information content (AvgIpc) is 3.00. The van der Waals surface area contributed by atoms with E-state index in [4.69, 9.17) is 4.74 Å². The lowest BCUT2D eigenvalue weighted by molar-refractivity contribution is -0.137. The number of amides is 2. The van der Waals surface area contributed by atoms with E-state index in [0.29, 0.717) is 36.3 Å². The highest BCUT2D eigenvalue weighted by atomic mass is 16.5. The first-order valence-corrected chi connectivity index (χ1v) is 12.0. The minimum Gasteiger partial charge on any atom is -0.493 e. The van der Waals surface area contributed by atoms with Gasteiger partial charge in [-0.3, -0.25) is 14.5 Å². The van der Waals surface area contributed by atoms with Crippen molar-refractivity contribution < 1.29 is 14.3 Å². The van der Waals surface area contributed by atoms with Crippen molar-refractivity contribution in [1.29, 1.82) is 0 Å². The maximum atomic E-state index is 13.4. The Bertz CT molecular complexity index is 797. The number of likely N-dealkylation sites (tertiary alicyclic amines) is 1. The number of unbranched alkanes of at least 4 members (excludes halogenated alkanes) is 3. The summed E-state index contributed by atoms with van der Waals surface area (Å²) in [6.07, 6.45) is 6.39. The summed E-state index contributed by atoms with van der Waals surface area (Å²) in [6, 6.07) is 7.65. The molecule has 1 aromatic rings. The number of piperidine rings is 1. The monoisotopic (exact) mass is 426 g/mol. The summed E-state index contributed by atoms with van der Waals surface area (Å²) < 4.78 is 5.80. The first-order chi connectivity index (χ1) is 14.9. The summed E-state index contributed by atoms with van der Waals surface area (Å²) in [5.74, 6) is 1.50. The van der Waals surface area contributed by atoms with Crippen LogP contribution in [0, 0.1) is 11.8 Å². The van der Waals surface area contributed by atoms with Crippen LogP contribution in [0.4, 0.5) is 0 Å². The Hall–Kier alpha value is -2.30. The SMILES string of the molecule is CCCCCCN1C(=O)C(c2ccc(OCC(C)C)cc2)=C(N2CCCC(C)C2)C1=O. The number of rotatable bonds is 10. The first kappa shape index (κ1) is 23.4. The molecule has 2 amide bonds. The molecule has 0 aliphatic carbocycles. The third kappa shape index (κ3) is 5.69. The highest BCUT2D eigenvalue weighted by Crippen LogP contribution is 2.34. The molecule has 3 rings (SSSR count). The van der Waals surface area contributed by atoms with Crippen molar-refractivity contribution in [3.05, 3.63) is 35.5 Å². The van der Waals surface area contributed by atoms with Crippen LogP contribution in [0.2, 0.25) is 0 Å². The number of benzene rings is 1. The third-order valence-electron chi connectivity index (χ3n) is 6.08. The van der Waals surface area contributed by atoms with Crippen molar-refractivity contribution in [1.82, 2.24) is 9.80 Å². The number of imide groups is 1. The van der Waals surface area contributed by atoms with E-state index < -0.39 is 0 Å². The fourth-order valence-electron chi connectivity index (χ4n) is 4.39. The van der Waals surface area contributed by atoms with Gasteiger partial charge in [-0.05, 0) is 48.8 Å². The van der Waals surface area contributed by atoms with Crippen LogP contribution in [-0.4, -0.2) is 47.9 Å². The molecule has 2 aliphatic rings. The normalized spacial score (nSPS) is 19.7. The lowest BCUT2D eigenvalue weighted by Gasteiger charge is -2.33. The molecule has 0 saturated carbocycles. The van der Waals surface area contributed by atoms with Crippen molar-refractivity contribution in [3.63, 3.8) is 0 Å². The molecule has 0 radical (unpaired) electrons. The average molecular weight is 427 g/mol.